The molecule has 3 heteroatoms. The van der Waals surface area contributed by atoms with E-state index < -0.39 is 6.10 Å². The number of aliphatic hydroxyl groups is 1. The summed E-state index contributed by atoms with van der Waals surface area (Å²) in [6.07, 6.45) is 11.8. The van der Waals surface area contributed by atoms with Gasteiger partial charge in [-0.25, -0.2) is 0 Å². The molecule has 1 saturated heterocycles. The second-order valence-corrected chi connectivity index (χ2v) is 7.49. The summed E-state index contributed by atoms with van der Waals surface area (Å²) in [6.45, 7) is 4.60. The minimum Gasteiger partial charge on any atom is -0.462 e. The van der Waals surface area contributed by atoms with Crippen LogP contribution in [-0.2, 0) is 9.53 Å². The van der Waals surface area contributed by atoms with E-state index in [0.29, 0.717) is 30.1 Å². The molecule has 3 nitrogen and oxygen atoms in total. The topological polar surface area (TPSA) is 46.5 Å². The van der Waals surface area contributed by atoms with Crippen molar-refractivity contribution in [2.75, 3.05) is 0 Å². The highest BCUT2D eigenvalue weighted by Gasteiger charge is 2.34. The first-order valence-corrected chi connectivity index (χ1v) is 8.80. The second kappa shape index (κ2) is 6.57. The van der Waals surface area contributed by atoms with Crippen molar-refractivity contribution in [3.8, 4) is 0 Å². The summed E-state index contributed by atoms with van der Waals surface area (Å²) in [4.78, 5) is 11.5. The van der Waals surface area contributed by atoms with Gasteiger partial charge in [-0.1, -0.05) is 32.1 Å². The van der Waals surface area contributed by atoms with E-state index in [4.69, 9.17) is 4.74 Å². The van der Waals surface area contributed by atoms with E-state index in [2.05, 4.69) is 32.1 Å². The monoisotopic (exact) mass is 304 g/mol. The number of aliphatic hydroxyl groups excluding tert-OH is 1. The van der Waals surface area contributed by atoms with Crippen molar-refractivity contribution >= 4 is 5.97 Å². The molecule has 22 heavy (non-hydrogen) atoms. The first kappa shape index (κ1) is 15.8. The van der Waals surface area contributed by atoms with Gasteiger partial charge in [-0.2, -0.15) is 0 Å². The fourth-order valence-corrected chi connectivity index (χ4v) is 4.44. The third-order valence-corrected chi connectivity index (χ3v) is 5.68. The maximum absolute atomic E-state index is 11.5. The molecule has 0 unspecified atom stereocenters. The molecule has 122 valence electrons. The van der Waals surface area contributed by atoms with Crippen LogP contribution in [0.4, 0.5) is 0 Å². The molecule has 0 amide bonds. The molecule has 2 aliphatic carbocycles. The molecule has 3 rings (SSSR count). The fraction of sp³-hybridized carbons (Fsp3) is 0.737. The lowest BCUT2D eigenvalue weighted by molar-refractivity contribution is -0.160. The molecule has 1 aliphatic heterocycles. The van der Waals surface area contributed by atoms with Crippen LogP contribution in [0.15, 0.2) is 23.8 Å². The maximum atomic E-state index is 11.5. The summed E-state index contributed by atoms with van der Waals surface area (Å²) in [5.41, 5.74) is 1.52. The van der Waals surface area contributed by atoms with Gasteiger partial charge in [0.15, 0.2) is 0 Å². The number of hydrogen-bond donors (Lipinski definition) is 1. The second-order valence-electron chi connectivity index (χ2n) is 7.49. The molecule has 0 spiro atoms. The number of cyclic esters (lactones) is 1. The molecule has 0 aromatic carbocycles. The Hall–Kier alpha value is -1.09. The zero-order chi connectivity index (χ0) is 15.7. The van der Waals surface area contributed by atoms with Gasteiger partial charge in [0, 0.05) is 6.42 Å². The Morgan fingerprint density at radius 3 is 2.86 bits per heavy atom. The minimum atomic E-state index is -0.513. The predicted octanol–water partition coefficient (Wildman–Crippen LogP) is 3.63. The van der Waals surface area contributed by atoms with E-state index in [1.165, 1.54) is 18.4 Å². The molecule has 1 heterocycles. The van der Waals surface area contributed by atoms with E-state index in [1.807, 2.05) is 0 Å². The maximum Gasteiger partial charge on any atom is 0.308 e. The molecule has 3 aliphatic rings. The van der Waals surface area contributed by atoms with Crippen molar-refractivity contribution in [3.63, 3.8) is 0 Å². The highest BCUT2D eigenvalue weighted by atomic mass is 16.5. The number of rotatable bonds is 3. The van der Waals surface area contributed by atoms with Gasteiger partial charge in [-0.3, -0.25) is 4.79 Å². The molecule has 6 atom stereocenters. The van der Waals surface area contributed by atoms with Gasteiger partial charge in [0.2, 0.25) is 0 Å². The summed E-state index contributed by atoms with van der Waals surface area (Å²) >= 11 is 0. The standard InChI is InChI=1S/C19H28O3/c1-12-3-7-18-14(9-12)5-4-13(2)17(18)8-6-16-10-15(20)11-19(21)22-16/h4-5,9,12-13,15-18,20H,3,6-8,10-11H2,1-2H3/t12-,13-,15+,16-,17-,18-/m0/s1. The van der Waals surface area contributed by atoms with Gasteiger partial charge in [-0.05, 0) is 54.9 Å². The van der Waals surface area contributed by atoms with Gasteiger partial charge in [0.05, 0.1) is 12.5 Å². The van der Waals surface area contributed by atoms with E-state index in [-0.39, 0.29) is 18.5 Å². The van der Waals surface area contributed by atoms with E-state index in [1.54, 1.807) is 0 Å². The highest BCUT2D eigenvalue weighted by Crippen LogP contribution is 2.43. The Bertz CT molecular complexity index is 479. The van der Waals surface area contributed by atoms with Gasteiger partial charge in [0.1, 0.15) is 6.10 Å². The normalized spacial score (nSPS) is 41.6. The van der Waals surface area contributed by atoms with Gasteiger partial charge >= 0.3 is 5.97 Å². The number of carbonyl (C=O) groups excluding carboxylic acids is 1. The quantitative estimate of drug-likeness (QED) is 0.810. The van der Waals surface area contributed by atoms with Crippen LogP contribution in [0.3, 0.4) is 0 Å². The SMILES string of the molecule is C[C@@H]1C=C2C=C[C@H](C)[C@H](CC[C@H]3C[C@@H](O)CC(=O)O3)[C@H]2CC1. The van der Waals surface area contributed by atoms with Crippen molar-refractivity contribution in [1.29, 1.82) is 0 Å². The zero-order valence-corrected chi connectivity index (χ0v) is 13.7. The average Bonchev–Trinajstić information content (AvgIpc) is 2.45. The van der Waals surface area contributed by atoms with Crippen molar-refractivity contribution in [2.45, 2.75) is 64.6 Å². The van der Waals surface area contributed by atoms with Crippen molar-refractivity contribution in [2.24, 2.45) is 23.7 Å². The van der Waals surface area contributed by atoms with Crippen LogP contribution < -0.4 is 0 Å². The fourth-order valence-electron chi connectivity index (χ4n) is 4.44. The molecule has 0 saturated carbocycles. The minimum absolute atomic E-state index is 0.0932. The third-order valence-electron chi connectivity index (χ3n) is 5.68. The largest absolute Gasteiger partial charge is 0.462 e. The van der Waals surface area contributed by atoms with Crippen LogP contribution in [-0.4, -0.2) is 23.3 Å². The summed E-state index contributed by atoms with van der Waals surface area (Å²) < 4.78 is 5.40. The Kier molecular flexibility index (Phi) is 4.72. The summed E-state index contributed by atoms with van der Waals surface area (Å²) in [5.74, 6) is 2.34. The lowest BCUT2D eigenvalue weighted by Gasteiger charge is -2.39. The smallest absolute Gasteiger partial charge is 0.308 e. The van der Waals surface area contributed by atoms with Crippen LogP contribution in [0.25, 0.3) is 0 Å². The number of carbonyl (C=O) groups is 1. The number of hydrogen-bond acceptors (Lipinski definition) is 3. The Balaban J connectivity index is 1.63. The molecule has 1 N–H and O–H groups in total. The highest BCUT2D eigenvalue weighted by molar-refractivity contribution is 5.70. The van der Waals surface area contributed by atoms with Crippen LogP contribution in [0.1, 0.15) is 52.4 Å². The summed E-state index contributed by atoms with van der Waals surface area (Å²) in [5, 5.41) is 9.73. The van der Waals surface area contributed by atoms with Crippen LogP contribution >= 0.6 is 0 Å². The number of fused-ring (bicyclic) bond motifs is 1. The van der Waals surface area contributed by atoms with Crippen LogP contribution in [0.5, 0.6) is 0 Å². The van der Waals surface area contributed by atoms with Gasteiger partial charge in [0.25, 0.3) is 0 Å². The van der Waals surface area contributed by atoms with Crippen LogP contribution in [0, 0.1) is 23.7 Å². The molecule has 0 radical (unpaired) electrons. The average molecular weight is 304 g/mol. The molecular weight excluding hydrogens is 276 g/mol. The van der Waals surface area contributed by atoms with E-state index in [0.717, 1.165) is 12.8 Å². The summed E-state index contributed by atoms with van der Waals surface area (Å²) in [6, 6.07) is 0. The molecule has 0 aromatic rings. The Labute approximate surface area is 133 Å². The first-order valence-electron chi connectivity index (χ1n) is 8.80. The lowest BCUT2D eigenvalue weighted by Crippen LogP contribution is -2.34. The van der Waals surface area contributed by atoms with Crippen LogP contribution in [0.2, 0.25) is 0 Å². The summed E-state index contributed by atoms with van der Waals surface area (Å²) in [7, 11) is 0. The van der Waals surface area contributed by atoms with Gasteiger partial charge < -0.3 is 9.84 Å². The van der Waals surface area contributed by atoms with Gasteiger partial charge in [-0.15, -0.1) is 0 Å². The molecule has 0 aromatic heterocycles. The van der Waals surface area contributed by atoms with Crippen molar-refractivity contribution in [3.05, 3.63) is 23.8 Å². The number of esters is 1. The van der Waals surface area contributed by atoms with E-state index in [9.17, 15) is 9.90 Å². The third kappa shape index (κ3) is 3.45. The molecular formula is C19H28O3. The zero-order valence-electron chi connectivity index (χ0n) is 13.7. The van der Waals surface area contributed by atoms with E-state index >= 15 is 0 Å². The van der Waals surface area contributed by atoms with Crippen molar-refractivity contribution < 1.29 is 14.6 Å². The number of ether oxygens (including phenoxy) is 1. The lowest BCUT2D eigenvalue weighted by atomic mass is 9.66. The molecule has 1 fully saturated rings. The first-order chi connectivity index (χ1) is 10.5. The Morgan fingerprint density at radius 2 is 2.09 bits per heavy atom. The predicted molar refractivity (Wildman–Crippen MR) is 86.1 cm³/mol. The molecule has 0 bridgehead atoms. The number of allylic oxidation sites excluding steroid dienone is 4. The van der Waals surface area contributed by atoms with Crippen molar-refractivity contribution in [1.82, 2.24) is 0 Å². The Morgan fingerprint density at radius 1 is 1.27 bits per heavy atom.